The fourth-order valence-electron chi connectivity index (χ4n) is 2.55. The maximum Gasteiger partial charge on any atom is 0.307 e. The summed E-state index contributed by atoms with van der Waals surface area (Å²) in [5, 5.41) is 8.92. The highest BCUT2D eigenvalue weighted by atomic mass is 32.2. The Morgan fingerprint density at radius 2 is 2.12 bits per heavy atom. The van der Waals surface area contributed by atoms with Crippen LogP contribution in [0.3, 0.4) is 0 Å². The fraction of sp³-hybridized carbons (Fsp3) is 0.176. The number of benzene rings is 2. The van der Waals surface area contributed by atoms with E-state index in [0.29, 0.717) is 5.56 Å². The van der Waals surface area contributed by atoms with Crippen LogP contribution in [0, 0.1) is 0 Å². The van der Waals surface area contributed by atoms with Crippen molar-refractivity contribution in [2.24, 2.45) is 0 Å². The number of carboxylic acids is 1. The van der Waals surface area contributed by atoms with Crippen LogP contribution < -0.4 is 9.46 Å². The lowest BCUT2D eigenvalue weighted by Crippen LogP contribution is -2.24. The number of sulfonamides is 1. The molecule has 3 rings (SSSR count). The van der Waals surface area contributed by atoms with Crippen LogP contribution >= 0.6 is 11.3 Å². The zero-order valence-electron chi connectivity index (χ0n) is 13.8. The molecule has 0 spiro atoms. The Morgan fingerprint density at radius 3 is 2.85 bits per heavy atom. The number of methoxy groups -OCH3 is 1. The van der Waals surface area contributed by atoms with Gasteiger partial charge < -0.3 is 9.84 Å². The van der Waals surface area contributed by atoms with Gasteiger partial charge >= 0.3 is 5.97 Å². The zero-order valence-corrected chi connectivity index (χ0v) is 15.4. The first kappa shape index (κ1) is 18.3. The molecule has 0 aliphatic heterocycles. The van der Waals surface area contributed by atoms with Crippen molar-refractivity contribution in [2.45, 2.75) is 17.9 Å². The average molecular weight is 392 g/mol. The quantitative estimate of drug-likeness (QED) is 0.640. The molecule has 0 atom stereocenters. The van der Waals surface area contributed by atoms with Gasteiger partial charge in [0, 0.05) is 6.54 Å². The highest BCUT2D eigenvalue weighted by molar-refractivity contribution is 7.89. The van der Waals surface area contributed by atoms with E-state index in [1.807, 2.05) is 18.2 Å². The van der Waals surface area contributed by atoms with Gasteiger partial charge in [-0.25, -0.2) is 18.1 Å². The molecule has 0 unspecified atom stereocenters. The second-order valence-electron chi connectivity index (χ2n) is 5.50. The Balaban J connectivity index is 1.90. The van der Waals surface area contributed by atoms with Crippen molar-refractivity contribution >= 4 is 37.5 Å². The van der Waals surface area contributed by atoms with Crippen molar-refractivity contribution in [2.75, 3.05) is 7.11 Å². The molecule has 0 saturated carbocycles. The summed E-state index contributed by atoms with van der Waals surface area (Å²) in [5.41, 5.74) is 3.71. The number of aliphatic carboxylic acids is 1. The summed E-state index contributed by atoms with van der Waals surface area (Å²) in [7, 11) is -2.53. The van der Waals surface area contributed by atoms with E-state index in [1.165, 1.54) is 36.6 Å². The lowest BCUT2D eigenvalue weighted by Gasteiger charge is -2.12. The number of hydrogen-bond acceptors (Lipinski definition) is 6. The van der Waals surface area contributed by atoms with Crippen LogP contribution in [0.5, 0.6) is 5.75 Å². The lowest BCUT2D eigenvalue weighted by molar-refractivity contribution is -0.136. The number of nitrogens with zero attached hydrogens (tertiary/aromatic N) is 1. The molecule has 2 aromatic carbocycles. The van der Waals surface area contributed by atoms with Gasteiger partial charge in [0.25, 0.3) is 0 Å². The molecule has 0 amide bonds. The second-order valence-corrected chi connectivity index (χ2v) is 8.09. The third kappa shape index (κ3) is 3.85. The number of hydrogen-bond donors (Lipinski definition) is 2. The molecule has 0 aliphatic carbocycles. The van der Waals surface area contributed by atoms with Crippen molar-refractivity contribution in [1.82, 2.24) is 9.71 Å². The number of rotatable bonds is 7. The van der Waals surface area contributed by atoms with Crippen molar-refractivity contribution < 1.29 is 23.1 Å². The minimum Gasteiger partial charge on any atom is -0.495 e. The Kier molecular flexibility index (Phi) is 5.21. The van der Waals surface area contributed by atoms with E-state index in [1.54, 1.807) is 5.51 Å². The molecular formula is C17H16N2O5S2. The molecule has 3 aromatic rings. The molecule has 0 aliphatic rings. The Hall–Kier alpha value is -2.49. The van der Waals surface area contributed by atoms with Crippen LogP contribution in [0.1, 0.15) is 11.1 Å². The van der Waals surface area contributed by atoms with E-state index >= 15 is 0 Å². The Labute approximate surface area is 154 Å². The first-order valence-corrected chi connectivity index (χ1v) is 9.96. The number of fused-ring (bicyclic) bond motifs is 1. The summed E-state index contributed by atoms with van der Waals surface area (Å²) in [6, 6.07) is 9.83. The Morgan fingerprint density at radius 1 is 1.31 bits per heavy atom. The van der Waals surface area contributed by atoms with Gasteiger partial charge in [0.05, 0.1) is 29.3 Å². The largest absolute Gasteiger partial charge is 0.495 e. The van der Waals surface area contributed by atoms with Gasteiger partial charge in [-0.2, -0.15) is 0 Å². The van der Waals surface area contributed by atoms with Crippen molar-refractivity contribution in [1.29, 1.82) is 0 Å². The third-order valence-corrected chi connectivity index (χ3v) is 6.10. The van der Waals surface area contributed by atoms with E-state index in [2.05, 4.69) is 9.71 Å². The summed E-state index contributed by atoms with van der Waals surface area (Å²) < 4.78 is 34.1. The molecule has 1 heterocycles. The van der Waals surface area contributed by atoms with E-state index < -0.39 is 16.0 Å². The number of aromatic nitrogens is 1. The molecule has 2 N–H and O–H groups in total. The summed E-state index contributed by atoms with van der Waals surface area (Å²) in [6.07, 6.45) is -0.271. The summed E-state index contributed by atoms with van der Waals surface area (Å²) in [4.78, 5) is 15.0. The average Bonchev–Trinajstić information content (AvgIpc) is 3.08. The molecule has 26 heavy (non-hydrogen) atoms. The minimum atomic E-state index is -3.89. The first-order valence-electron chi connectivity index (χ1n) is 7.60. The van der Waals surface area contributed by atoms with Gasteiger partial charge in [-0.1, -0.05) is 18.2 Å². The molecule has 7 nitrogen and oxygen atoms in total. The summed E-state index contributed by atoms with van der Waals surface area (Å²) >= 11 is 1.44. The number of carbonyl (C=O) groups is 1. The molecule has 136 valence electrons. The summed E-state index contributed by atoms with van der Waals surface area (Å²) in [6.45, 7) is 0.0914. The predicted molar refractivity (Wildman–Crippen MR) is 98.0 cm³/mol. The maximum absolute atomic E-state index is 12.7. The van der Waals surface area contributed by atoms with Gasteiger partial charge in [0.2, 0.25) is 10.0 Å². The molecule has 0 fully saturated rings. The van der Waals surface area contributed by atoms with Crippen molar-refractivity contribution in [3.63, 3.8) is 0 Å². The molecule has 9 heteroatoms. The van der Waals surface area contributed by atoms with Crippen LogP contribution in [0.4, 0.5) is 0 Å². The molecule has 0 radical (unpaired) electrons. The topological polar surface area (TPSA) is 106 Å². The van der Waals surface area contributed by atoms with Crippen LogP contribution in [0.25, 0.3) is 10.2 Å². The highest BCUT2D eigenvalue weighted by Crippen LogP contribution is 2.26. The Bertz CT molecular complexity index is 1060. The van der Waals surface area contributed by atoms with Gasteiger partial charge in [-0.15, -0.1) is 11.3 Å². The van der Waals surface area contributed by atoms with Gasteiger partial charge in [0.15, 0.2) is 0 Å². The van der Waals surface area contributed by atoms with E-state index in [0.717, 1.165) is 15.8 Å². The monoisotopic (exact) mass is 392 g/mol. The fourth-order valence-corrected chi connectivity index (χ4v) is 4.58. The number of thiazole rings is 1. The summed E-state index contributed by atoms with van der Waals surface area (Å²) in [5.74, 6) is -0.883. The lowest BCUT2D eigenvalue weighted by atomic mass is 10.1. The van der Waals surface area contributed by atoms with E-state index in [-0.39, 0.29) is 23.6 Å². The molecule has 0 bridgehead atoms. The van der Waals surface area contributed by atoms with Crippen molar-refractivity contribution in [3.8, 4) is 5.75 Å². The first-order chi connectivity index (χ1) is 12.4. The van der Waals surface area contributed by atoms with Crippen LogP contribution in [0.2, 0.25) is 0 Å². The molecule has 0 saturated heterocycles. The van der Waals surface area contributed by atoms with E-state index in [9.17, 15) is 13.2 Å². The zero-order chi connectivity index (χ0) is 18.7. The molecule has 1 aromatic heterocycles. The minimum absolute atomic E-state index is 0.0878. The van der Waals surface area contributed by atoms with Gasteiger partial charge in [0.1, 0.15) is 10.6 Å². The van der Waals surface area contributed by atoms with E-state index in [4.69, 9.17) is 9.84 Å². The van der Waals surface area contributed by atoms with Gasteiger partial charge in [-0.3, -0.25) is 4.79 Å². The van der Waals surface area contributed by atoms with Gasteiger partial charge in [-0.05, 0) is 29.3 Å². The number of carboxylic acid groups (broad SMARTS) is 1. The maximum atomic E-state index is 12.7. The normalized spacial score (nSPS) is 11.6. The van der Waals surface area contributed by atoms with Crippen LogP contribution in [-0.2, 0) is 27.8 Å². The number of ether oxygens (including phenoxy) is 1. The predicted octanol–water partition coefficient (Wildman–Crippen LogP) is 2.41. The number of nitrogens with one attached hydrogen (secondary N) is 1. The third-order valence-electron chi connectivity index (χ3n) is 3.76. The SMILES string of the molecule is COc1ccc(CC(=O)O)cc1S(=O)(=O)NCc1cccc2ncsc12. The van der Waals surface area contributed by atoms with Crippen LogP contribution in [0.15, 0.2) is 46.8 Å². The second kappa shape index (κ2) is 7.40. The highest BCUT2D eigenvalue weighted by Gasteiger charge is 2.21. The smallest absolute Gasteiger partial charge is 0.307 e. The van der Waals surface area contributed by atoms with Crippen LogP contribution in [-0.4, -0.2) is 31.6 Å². The standard InChI is InChI=1S/C17H16N2O5S2/c1-24-14-6-5-11(8-16(20)21)7-15(14)26(22,23)19-9-12-3-2-4-13-17(12)25-10-18-13/h2-7,10,19H,8-9H2,1H3,(H,20,21). The molecular weight excluding hydrogens is 376 g/mol. The van der Waals surface area contributed by atoms with Crippen molar-refractivity contribution in [3.05, 3.63) is 53.0 Å².